The van der Waals surface area contributed by atoms with Gasteiger partial charge in [0, 0.05) is 10.6 Å². The zero-order chi connectivity index (χ0) is 13.8. The lowest BCUT2D eigenvalue weighted by Crippen LogP contribution is -2.00. The molecule has 98 valence electrons. The van der Waals surface area contributed by atoms with Crippen LogP contribution in [-0.4, -0.2) is 11.1 Å². The molecule has 0 amide bonds. The summed E-state index contributed by atoms with van der Waals surface area (Å²) in [5, 5.41) is 9.13. The van der Waals surface area contributed by atoms with Crippen molar-refractivity contribution in [3.63, 3.8) is 0 Å². The molecule has 0 atom stereocenters. The fourth-order valence-electron chi connectivity index (χ4n) is 1.49. The minimum Gasteiger partial charge on any atom is -0.489 e. The van der Waals surface area contributed by atoms with Crippen LogP contribution in [0.25, 0.3) is 0 Å². The lowest BCUT2D eigenvalue weighted by molar-refractivity contribution is 0.0697. The van der Waals surface area contributed by atoms with Crippen LogP contribution >= 0.6 is 11.6 Å². The molecule has 19 heavy (non-hydrogen) atoms. The molecule has 0 bridgehead atoms. The molecule has 0 saturated heterocycles. The number of carboxylic acid groups (broad SMARTS) is 1. The van der Waals surface area contributed by atoms with E-state index in [4.69, 9.17) is 21.4 Å². The number of hydrogen-bond donors (Lipinski definition) is 1. The van der Waals surface area contributed by atoms with Crippen LogP contribution in [0.2, 0.25) is 5.02 Å². The lowest BCUT2D eigenvalue weighted by Gasteiger charge is -2.08. The molecule has 0 radical (unpaired) electrons. The van der Waals surface area contributed by atoms with Crippen molar-refractivity contribution < 1.29 is 19.0 Å². The zero-order valence-corrected chi connectivity index (χ0v) is 10.5. The first-order chi connectivity index (χ1) is 9.06. The Kier molecular flexibility index (Phi) is 4.02. The van der Waals surface area contributed by atoms with Crippen LogP contribution in [-0.2, 0) is 6.61 Å². The highest BCUT2D eigenvalue weighted by Crippen LogP contribution is 2.20. The number of halogens is 2. The van der Waals surface area contributed by atoms with E-state index in [1.807, 2.05) is 0 Å². The van der Waals surface area contributed by atoms with Gasteiger partial charge in [0.15, 0.2) is 0 Å². The van der Waals surface area contributed by atoms with Gasteiger partial charge >= 0.3 is 5.97 Å². The van der Waals surface area contributed by atoms with Crippen LogP contribution in [0.5, 0.6) is 5.75 Å². The van der Waals surface area contributed by atoms with Gasteiger partial charge in [0.2, 0.25) is 0 Å². The van der Waals surface area contributed by atoms with Gasteiger partial charge in [0.25, 0.3) is 0 Å². The summed E-state index contributed by atoms with van der Waals surface area (Å²) >= 11 is 5.96. The third-order valence-corrected chi connectivity index (χ3v) is 2.86. The number of carboxylic acids is 1. The van der Waals surface area contributed by atoms with E-state index in [1.54, 1.807) is 6.07 Å². The highest BCUT2D eigenvalue weighted by Gasteiger charge is 2.07. The normalized spacial score (nSPS) is 10.2. The van der Waals surface area contributed by atoms with Crippen LogP contribution in [0.3, 0.4) is 0 Å². The predicted octanol–water partition coefficient (Wildman–Crippen LogP) is 3.76. The van der Waals surface area contributed by atoms with Gasteiger partial charge in [-0.05, 0) is 36.4 Å². The van der Waals surface area contributed by atoms with Gasteiger partial charge in [-0.1, -0.05) is 17.7 Å². The molecule has 0 fully saturated rings. The standard InChI is InChI=1S/C14H10ClFO3/c15-13-7-9(14(17)18)1-2-10(13)8-19-12-5-3-11(16)4-6-12/h1-7H,8H2,(H,17,18). The second-order valence-corrected chi connectivity index (χ2v) is 4.26. The van der Waals surface area contributed by atoms with Crippen LogP contribution < -0.4 is 4.74 Å². The molecule has 0 heterocycles. The lowest BCUT2D eigenvalue weighted by atomic mass is 10.1. The minimum atomic E-state index is -1.03. The van der Waals surface area contributed by atoms with Gasteiger partial charge in [-0.15, -0.1) is 0 Å². The van der Waals surface area contributed by atoms with E-state index in [1.165, 1.54) is 36.4 Å². The quantitative estimate of drug-likeness (QED) is 0.927. The molecule has 5 heteroatoms. The first-order valence-corrected chi connectivity index (χ1v) is 5.84. The van der Waals surface area contributed by atoms with E-state index in [2.05, 4.69) is 0 Å². The number of ether oxygens (including phenoxy) is 1. The van der Waals surface area contributed by atoms with Crippen LogP contribution in [0.1, 0.15) is 15.9 Å². The predicted molar refractivity (Wildman–Crippen MR) is 69.1 cm³/mol. The van der Waals surface area contributed by atoms with Gasteiger partial charge in [-0.2, -0.15) is 0 Å². The molecule has 0 aliphatic rings. The van der Waals surface area contributed by atoms with Crippen molar-refractivity contribution in [1.29, 1.82) is 0 Å². The third-order valence-electron chi connectivity index (χ3n) is 2.51. The monoisotopic (exact) mass is 280 g/mol. The third kappa shape index (κ3) is 3.45. The summed E-state index contributed by atoms with van der Waals surface area (Å²) < 4.78 is 18.1. The Labute approximate surface area is 114 Å². The van der Waals surface area contributed by atoms with E-state index >= 15 is 0 Å². The molecular weight excluding hydrogens is 271 g/mol. The fraction of sp³-hybridized carbons (Fsp3) is 0.0714. The van der Waals surface area contributed by atoms with Gasteiger partial charge in [0.05, 0.1) is 5.56 Å². The van der Waals surface area contributed by atoms with Gasteiger partial charge in [-0.3, -0.25) is 0 Å². The average Bonchev–Trinajstić information content (AvgIpc) is 2.39. The van der Waals surface area contributed by atoms with E-state index in [0.717, 1.165) is 0 Å². The van der Waals surface area contributed by atoms with E-state index < -0.39 is 5.97 Å². The van der Waals surface area contributed by atoms with Crippen molar-refractivity contribution >= 4 is 17.6 Å². The van der Waals surface area contributed by atoms with Gasteiger partial charge < -0.3 is 9.84 Å². The summed E-state index contributed by atoms with van der Waals surface area (Å²) in [5.74, 6) is -0.858. The Morgan fingerprint density at radius 2 is 1.89 bits per heavy atom. The zero-order valence-electron chi connectivity index (χ0n) is 9.77. The average molecular weight is 281 g/mol. The van der Waals surface area contributed by atoms with Crippen molar-refractivity contribution in [3.8, 4) is 5.75 Å². The smallest absolute Gasteiger partial charge is 0.335 e. The van der Waals surface area contributed by atoms with Gasteiger partial charge in [-0.25, -0.2) is 9.18 Å². The molecule has 0 aliphatic heterocycles. The number of hydrogen-bond acceptors (Lipinski definition) is 2. The molecule has 0 aliphatic carbocycles. The largest absolute Gasteiger partial charge is 0.489 e. The molecule has 0 spiro atoms. The van der Waals surface area contributed by atoms with E-state index in [9.17, 15) is 9.18 Å². The molecule has 2 aromatic rings. The summed E-state index contributed by atoms with van der Waals surface area (Å²) in [5.41, 5.74) is 0.784. The fourth-order valence-corrected chi connectivity index (χ4v) is 1.72. The Bertz CT molecular complexity index is 596. The Hall–Kier alpha value is -2.07. The molecule has 2 rings (SSSR count). The minimum absolute atomic E-state index is 0.121. The van der Waals surface area contributed by atoms with E-state index in [0.29, 0.717) is 16.3 Å². The number of benzene rings is 2. The molecule has 2 aromatic carbocycles. The van der Waals surface area contributed by atoms with Crippen LogP contribution in [0.4, 0.5) is 4.39 Å². The summed E-state index contributed by atoms with van der Waals surface area (Å²) in [6.07, 6.45) is 0. The second kappa shape index (κ2) is 5.71. The maximum absolute atomic E-state index is 12.7. The molecular formula is C14H10ClFO3. The summed E-state index contributed by atoms with van der Waals surface area (Å²) in [6.45, 7) is 0.185. The van der Waals surface area contributed by atoms with Crippen molar-refractivity contribution in [2.45, 2.75) is 6.61 Å². The Morgan fingerprint density at radius 1 is 1.21 bits per heavy atom. The van der Waals surface area contributed by atoms with Crippen LogP contribution in [0.15, 0.2) is 42.5 Å². The maximum atomic E-state index is 12.7. The van der Waals surface area contributed by atoms with Crippen molar-refractivity contribution in [2.75, 3.05) is 0 Å². The summed E-state index contributed by atoms with van der Waals surface area (Å²) in [4.78, 5) is 10.8. The highest BCUT2D eigenvalue weighted by molar-refractivity contribution is 6.31. The maximum Gasteiger partial charge on any atom is 0.335 e. The summed E-state index contributed by atoms with van der Waals surface area (Å²) in [6, 6.07) is 10.0. The number of carbonyl (C=O) groups is 1. The van der Waals surface area contributed by atoms with Crippen molar-refractivity contribution in [1.82, 2.24) is 0 Å². The topological polar surface area (TPSA) is 46.5 Å². The summed E-state index contributed by atoms with van der Waals surface area (Å²) in [7, 11) is 0. The molecule has 0 saturated carbocycles. The first kappa shape index (κ1) is 13.4. The first-order valence-electron chi connectivity index (χ1n) is 5.46. The van der Waals surface area contributed by atoms with Crippen LogP contribution in [0, 0.1) is 5.82 Å². The van der Waals surface area contributed by atoms with Crippen molar-refractivity contribution in [2.24, 2.45) is 0 Å². The SMILES string of the molecule is O=C(O)c1ccc(COc2ccc(F)cc2)c(Cl)c1. The Balaban J connectivity index is 2.07. The molecule has 1 N–H and O–H groups in total. The number of aromatic carboxylic acids is 1. The van der Waals surface area contributed by atoms with Crippen molar-refractivity contribution in [3.05, 3.63) is 64.4 Å². The second-order valence-electron chi connectivity index (χ2n) is 3.85. The Morgan fingerprint density at radius 3 is 2.47 bits per heavy atom. The highest BCUT2D eigenvalue weighted by atomic mass is 35.5. The van der Waals surface area contributed by atoms with Gasteiger partial charge in [0.1, 0.15) is 18.2 Å². The van der Waals surface area contributed by atoms with E-state index in [-0.39, 0.29) is 18.0 Å². The molecule has 0 aromatic heterocycles. The number of rotatable bonds is 4. The molecule has 0 unspecified atom stereocenters. The molecule has 3 nitrogen and oxygen atoms in total.